The Morgan fingerprint density at radius 1 is 1.22 bits per heavy atom. The van der Waals surface area contributed by atoms with Gasteiger partial charge in [-0.05, 0) is 49.6 Å². The summed E-state index contributed by atoms with van der Waals surface area (Å²) in [5.74, 6) is -0.0373. The van der Waals surface area contributed by atoms with Crippen molar-refractivity contribution in [2.75, 3.05) is 11.6 Å². The number of H-pyrrole nitrogens is 1. The van der Waals surface area contributed by atoms with E-state index in [2.05, 4.69) is 10.3 Å². The summed E-state index contributed by atoms with van der Waals surface area (Å²) in [6.45, 7) is 5.89. The smallest absolute Gasteiger partial charge is 0.256 e. The van der Waals surface area contributed by atoms with Gasteiger partial charge < -0.3 is 10.3 Å². The van der Waals surface area contributed by atoms with Gasteiger partial charge in [0.25, 0.3) is 5.91 Å². The maximum atomic E-state index is 12.8. The highest BCUT2D eigenvalue weighted by Gasteiger charge is 2.37. The molecule has 4 rings (SSSR count). The molecule has 1 aliphatic carbocycles. The Balaban J connectivity index is 1.83. The molecule has 6 heteroatoms. The lowest BCUT2D eigenvalue weighted by Gasteiger charge is -2.28. The molecule has 1 unspecified atom stereocenters. The third-order valence-electron chi connectivity index (χ3n) is 5.60. The number of carbonyl (C=O) groups excluding carboxylic acids is 2. The second kappa shape index (κ2) is 6.02. The average molecular weight is 382 g/mol. The lowest BCUT2D eigenvalue weighted by Crippen LogP contribution is -2.30. The standard InChI is InChI=1S/C21H22N2O3S/c1-11-17(22-16-7-8-21(2,3)19(24)18(11)16)10-14-13-9-12(27(4)26)5-6-15(13)23-20(14)25/h5-6,9-10,22H,7-8H2,1-4H3,(H,23,25). The van der Waals surface area contributed by atoms with Crippen LogP contribution in [0.4, 0.5) is 5.69 Å². The van der Waals surface area contributed by atoms with E-state index in [1.807, 2.05) is 20.8 Å². The van der Waals surface area contributed by atoms with E-state index in [0.29, 0.717) is 16.2 Å². The van der Waals surface area contributed by atoms with Gasteiger partial charge in [0.15, 0.2) is 5.78 Å². The second-order valence-corrected chi connectivity index (χ2v) is 9.28. The fraction of sp³-hybridized carbons (Fsp3) is 0.333. The Morgan fingerprint density at radius 2 is 1.96 bits per heavy atom. The Morgan fingerprint density at radius 3 is 2.67 bits per heavy atom. The highest BCUT2D eigenvalue weighted by molar-refractivity contribution is 7.84. The number of aromatic nitrogens is 1. The quantitative estimate of drug-likeness (QED) is 0.777. The summed E-state index contributed by atoms with van der Waals surface area (Å²) in [5.41, 5.74) is 5.00. The van der Waals surface area contributed by atoms with Crippen molar-refractivity contribution in [1.29, 1.82) is 0 Å². The monoisotopic (exact) mass is 382 g/mol. The van der Waals surface area contributed by atoms with Crippen LogP contribution in [0, 0.1) is 12.3 Å². The molecule has 140 valence electrons. The highest BCUT2D eigenvalue weighted by atomic mass is 32.2. The van der Waals surface area contributed by atoms with Crippen LogP contribution in [-0.4, -0.2) is 27.1 Å². The SMILES string of the molecule is Cc1c(C=C2C(=O)Nc3ccc(S(C)=O)cc32)[nH]c2c1C(=O)C(C)(C)CC2. The number of hydrogen-bond donors (Lipinski definition) is 2. The van der Waals surface area contributed by atoms with Gasteiger partial charge >= 0.3 is 0 Å². The lowest BCUT2D eigenvalue weighted by atomic mass is 9.74. The number of carbonyl (C=O) groups is 2. The molecular weight excluding hydrogens is 360 g/mol. The summed E-state index contributed by atoms with van der Waals surface area (Å²) < 4.78 is 11.8. The van der Waals surface area contributed by atoms with Crippen LogP contribution in [0.15, 0.2) is 23.1 Å². The van der Waals surface area contributed by atoms with Crippen LogP contribution in [0.1, 0.15) is 53.1 Å². The molecule has 1 aromatic heterocycles. The molecule has 1 aliphatic heterocycles. The van der Waals surface area contributed by atoms with Crippen molar-refractivity contribution < 1.29 is 13.8 Å². The van der Waals surface area contributed by atoms with Gasteiger partial charge in [-0.1, -0.05) is 13.8 Å². The largest absolute Gasteiger partial charge is 0.358 e. The molecule has 2 aromatic rings. The number of Topliss-reactive ketones (excluding diaryl/α,β-unsaturated/α-hetero) is 1. The molecule has 2 N–H and O–H groups in total. The van der Waals surface area contributed by atoms with Crippen LogP contribution in [0.3, 0.4) is 0 Å². The van der Waals surface area contributed by atoms with Crippen LogP contribution in [-0.2, 0) is 22.0 Å². The molecule has 0 bridgehead atoms. The fourth-order valence-corrected chi connectivity index (χ4v) is 4.39. The Kier molecular flexibility index (Phi) is 4.00. The van der Waals surface area contributed by atoms with E-state index in [4.69, 9.17) is 0 Å². The molecule has 1 aromatic carbocycles. The zero-order valence-corrected chi connectivity index (χ0v) is 16.7. The van der Waals surface area contributed by atoms with Crippen molar-refractivity contribution in [1.82, 2.24) is 4.98 Å². The molecule has 2 aliphatic rings. The van der Waals surface area contributed by atoms with Crippen LogP contribution in [0.5, 0.6) is 0 Å². The topological polar surface area (TPSA) is 79.0 Å². The molecule has 27 heavy (non-hydrogen) atoms. The highest BCUT2D eigenvalue weighted by Crippen LogP contribution is 2.39. The maximum absolute atomic E-state index is 12.8. The number of fused-ring (bicyclic) bond motifs is 2. The minimum atomic E-state index is -1.12. The number of anilines is 1. The summed E-state index contributed by atoms with van der Waals surface area (Å²) in [6.07, 6.45) is 5.05. The summed E-state index contributed by atoms with van der Waals surface area (Å²) >= 11 is 0. The summed E-state index contributed by atoms with van der Waals surface area (Å²) in [4.78, 5) is 29.4. The first-order valence-corrected chi connectivity index (χ1v) is 10.5. The van der Waals surface area contributed by atoms with Crippen molar-refractivity contribution >= 4 is 39.8 Å². The van der Waals surface area contributed by atoms with Gasteiger partial charge in [0.05, 0.1) is 5.57 Å². The van der Waals surface area contributed by atoms with Crippen molar-refractivity contribution in [2.45, 2.75) is 38.5 Å². The summed E-state index contributed by atoms with van der Waals surface area (Å²) in [5, 5.41) is 2.85. The minimum Gasteiger partial charge on any atom is -0.358 e. The number of nitrogens with one attached hydrogen (secondary N) is 2. The van der Waals surface area contributed by atoms with E-state index >= 15 is 0 Å². The molecule has 0 saturated carbocycles. The van der Waals surface area contributed by atoms with E-state index in [1.54, 1.807) is 30.5 Å². The number of aryl methyl sites for hydroxylation is 1. The number of hydrogen-bond acceptors (Lipinski definition) is 3. The molecule has 0 fully saturated rings. The van der Waals surface area contributed by atoms with Gasteiger partial charge in [0, 0.05) is 55.6 Å². The van der Waals surface area contributed by atoms with Gasteiger partial charge in [0.1, 0.15) is 0 Å². The molecule has 1 amide bonds. The molecule has 0 saturated heterocycles. The van der Waals surface area contributed by atoms with Crippen molar-refractivity contribution in [3.8, 4) is 0 Å². The van der Waals surface area contributed by atoms with Crippen molar-refractivity contribution in [3.63, 3.8) is 0 Å². The second-order valence-electron chi connectivity index (χ2n) is 7.90. The number of aromatic amines is 1. The molecule has 2 heterocycles. The van der Waals surface area contributed by atoms with Gasteiger partial charge in [-0.15, -0.1) is 0 Å². The van der Waals surface area contributed by atoms with E-state index in [-0.39, 0.29) is 17.1 Å². The third-order valence-corrected chi connectivity index (χ3v) is 6.52. The summed E-state index contributed by atoms with van der Waals surface area (Å²) in [7, 11) is -1.12. The minimum absolute atomic E-state index is 0.155. The Hall–Kier alpha value is -2.47. The lowest BCUT2D eigenvalue weighted by molar-refractivity contribution is -0.110. The maximum Gasteiger partial charge on any atom is 0.256 e. The van der Waals surface area contributed by atoms with Gasteiger partial charge in [-0.25, -0.2) is 0 Å². The molecule has 0 spiro atoms. The zero-order chi connectivity index (χ0) is 19.5. The van der Waals surface area contributed by atoms with Gasteiger partial charge in [-0.3, -0.25) is 13.8 Å². The van der Waals surface area contributed by atoms with Crippen LogP contribution in [0.25, 0.3) is 11.6 Å². The van der Waals surface area contributed by atoms with Crippen LogP contribution < -0.4 is 5.32 Å². The van der Waals surface area contributed by atoms with E-state index in [9.17, 15) is 13.8 Å². The Bertz CT molecular complexity index is 1060. The zero-order valence-electron chi connectivity index (χ0n) is 15.9. The number of ketones is 1. The average Bonchev–Trinajstić information content (AvgIpc) is 3.09. The Labute approximate surface area is 160 Å². The van der Waals surface area contributed by atoms with Crippen molar-refractivity contribution in [3.05, 3.63) is 46.3 Å². The van der Waals surface area contributed by atoms with Gasteiger partial charge in [-0.2, -0.15) is 0 Å². The molecular formula is C21H22N2O3S. The third kappa shape index (κ3) is 2.79. The fourth-order valence-electron chi connectivity index (χ4n) is 3.84. The van der Waals surface area contributed by atoms with E-state index in [0.717, 1.165) is 40.9 Å². The van der Waals surface area contributed by atoms with Crippen LogP contribution >= 0.6 is 0 Å². The molecule has 1 atom stereocenters. The first-order chi connectivity index (χ1) is 12.7. The first-order valence-electron chi connectivity index (χ1n) is 8.96. The predicted octanol–water partition coefficient (Wildman–Crippen LogP) is 3.71. The first kappa shape index (κ1) is 17.9. The molecule has 0 radical (unpaired) electrons. The van der Waals surface area contributed by atoms with E-state index < -0.39 is 10.8 Å². The number of amides is 1. The van der Waals surface area contributed by atoms with E-state index in [1.165, 1.54) is 0 Å². The normalized spacial score (nSPS) is 20.4. The number of benzene rings is 1. The van der Waals surface area contributed by atoms with Crippen molar-refractivity contribution in [2.24, 2.45) is 5.41 Å². The predicted molar refractivity (Wildman–Crippen MR) is 107 cm³/mol. The number of rotatable bonds is 2. The van der Waals surface area contributed by atoms with Gasteiger partial charge in [0.2, 0.25) is 0 Å². The summed E-state index contributed by atoms with van der Waals surface area (Å²) in [6, 6.07) is 5.34. The molecule has 5 nitrogen and oxygen atoms in total. The van der Waals surface area contributed by atoms with Crippen LogP contribution in [0.2, 0.25) is 0 Å².